The standard InChI is InChI=1S/C12H24N2O/c1-4-7-10(5-2)13-12(15)11-8-6-9-14(11)3/h10-11H,4-9H2,1-3H3,(H,13,15). The fraction of sp³-hybridized carbons (Fsp3) is 0.917. The van der Waals surface area contributed by atoms with Crippen molar-refractivity contribution in [3.63, 3.8) is 0 Å². The van der Waals surface area contributed by atoms with Crippen molar-refractivity contribution in [2.45, 2.75) is 58.0 Å². The molecular weight excluding hydrogens is 188 g/mol. The molecule has 1 aliphatic rings. The van der Waals surface area contributed by atoms with Crippen LogP contribution < -0.4 is 5.32 Å². The molecule has 0 aliphatic carbocycles. The van der Waals surface area contributed by atoms with Gasteiger partial charge in [0, 0.05) is 6.04 Å². The van der Waals surface area contributed by atoms with Crippen LogP contribution in [-0.4, -0.2) is 36.5 Å². The zero-order valence-electron chi connectivity index (χ0n) is 10.3. The number of likely N-dealkylation sites (tertiary alicyclic amines) is 1. The molecular formula is C12H24N2O. The molecule has 2 unspecified atom stereocenters. The van der Waals surface area contributed by atoms with Gasteiger partial charge in [-0.1, -0.05) is 20.3 Å². The first-order valence-corrected chi connectivity index (χ1v) is 6.19. The Morgan fingerprint density at radius 2 is 2.27 bits per heavy atom. The second kappa shape index (κ2) is 6.11. The highest BCUT2D eigenvalue weighted by Crippen LogP contribution is 2.15. The minimum Gasteiger partial charge on any atom is -0.352 e. The topological polar surface area (TPSA) is 32.3 Å². The van der Waals surface area contributed by atoms with Crippen molar-refractivity contribution in [3.05, 3.63) is 0 Å². The minimum absolute atomic E-state index is 0.121. The number of amides is 1. The van der Waals surface area contributed by atoms with E-state index in [2.05, 4.69) is 24.1 Å². The Bertz CT molecular complexity index is 206. The van der Waals surface area contributed by atoms with Crippen molar-refractivity contribution in [1.29, 1.82) is 0 Å². The van der Waals surface area contributed by atoms with Gasteiger partial charge in [0.25, 0.3) is 0 Å². The van der Waals surface area contributed by atoms with Gasteiger partial charge in [0.15, 0.2) is 0 Å². The Labute approximate surface area is 93.2 Å². The highest BCUT2D eigenvalue weighted by molar-refractivity contribution is 5.82. The van der Waals surface area contributed by atoms with Crippen molar-refractivity contribution in [2.24, 2.45) is 0 Å². The van der Waals surface area contributed by atoms with E-state index < -0.39 is 0 Å². The number of hydrogen-bond donors (Lipinski definition) is 1. The SMILES string of the molecule is CCCC(CC)NC(=O)C1CCCN1C. The average Bonchev–Trinajstić information content (AvgIpc) is 2.63. The number of rotatable bonds is 5. The maximum absolute atomic E-state index is 11.9. The first kappa shape index (κ1) is 12.5. The quantitative estimate of drug-likeness (QED) is 0.753. The number of carbonyl (C=O) groups is 1. The molecule has 1 aliphatic heterocycles. The molecule has 0 aromatic rings. The van der Waals surface area contributed by atoms with Crippen LogP contribution in [0.2, 0.25) is 0 Å². The Morgan fingerprint density at radius 3 is 2.73 bits per heavy atom. The third-order valence-electron chi connectivity index (χ3n) is 3.30. The number of carbonyl (C=O) groups excluding carboxylic acids is 1. The lowest BCUT2D eigenvalue weighted by molar-refractivity contribution is -0.125. The van der Waals surface area contributed by atoms with Crippen LogP contribution in [0.3, 0.4) is 0 Å². The molecule has 1 N–H and O–H groups in total. The van der Waals surface area contributed by atoms with Crippen molar-refractivity contribution >= 4 is 5.91 Å². The summed E-state index contributed by atoms with van der Waals surface area (Å²) in [6.45, 7) is 5.36. The molecule has 3 nitrogen and oxygen atoms in total. The molecule has 1 amide bonds. The lowest BCUT2D eigenvalue weighted by atomic mass is 10.1. The maximum Gasteiger partial charge on any atom is 0.237 e. The highest BCUT2D eigenvalue weighted by Gasteiger charge is 2.28. The predicted molar refractivity (Wildman–Crippen MR) is 62.8 cm³/mol. The van der Waals surface area contributed by atoms with Crippen LogP contribution in [0.4, 0.5) is 0 Å². The van der Waals surface area contributed by atoms with Crippen molar-refractivity contribution in [3.8, 4) is 0 Å². The summed E-state index contributed by atoms with van der Waals surface area (Å²) in [6, 6.07) is 0.493. The van der Waals surface area contributed by atoms with E-state index in [0.717, 1.165) is 38.6 Å². The van der Waals surface area contributed by atoms with Gasteiger partial charge in [-0.05, 0) is 39.3 Å². The fourth-order valence-electron chi connectivity index (χ4n) is 2.27. The normalized spacial score (nSPS) is 24.1. The number of hydrogen-bond acceptors (Lipinski definition) is 2. The first-order valence-electron chi connectivity index (χ1n) is 6.19. The monoisotopic (exact) mass is 212 g/mol. The zero-order valence-corrected chi connectivity index (χ0v) is 10.3. The molecule has 88 valence electrons. The zero-order chi connectivity index (χ0) is 11.3. The number of nitrogens with zero attached hydrogens (tertiary/aromatic N) is 1. The average molecular weight is 212 g/mol. The van der Waals surface area contributed by atoms with Crippen LogP contribution in [0.25, 0.3) is 0 Å². The van der Waals surface area contributed by atoms with Crippen LogP contribution in [-0.2, 0) is 4.79 Å². The number of nitrogens with one attached hydrogen (secondary N) is 1. The Kier molecular flexibility index (Phi) is 5.09. The third-order valence-corrected chi connectivity index (χ3v) is 3.30. The molecule has 0 aromatic heterocycles. The molecule has 0 spiro atoms. The second-order valence-corrected chi connectivity index (χ2v) is 4.54. The molecule has 0 aromatic carbocycles. The van der Waals surface area contributed by atoms with E-state index in [1.54, 1.807) is 0 Å². The third kappa shape index (κ3) is 3.49. The summed E-state index contributed by atoms with van der Waals surface area (Å²) in [4.78, 5) is 14.1. The summed E-state index contributed by atoms with van der Waals surface area (Å²) >= 11 is 0. The van der Waals surface area contributed by atoms with Crippen LogP contribution >= 0.6 is 0 Å². The van der Waals surface area contributed by atoms with Crippen molar-refractivity contribution in [1.82, 2.24) is 10.2 Å². The predicted octanol–water partition coefficient (Wildman–Crippen LogP) is 1.78. The summed E-state index contributed by atoms with van der Waals surface area (Å²) in [7, 11) is 2.04. The van der Waals surface area contributed by atoms with Gasteiger partial charge < -0.3 is 5.32 Å². The van der Waals surface area contributed by atoms with Gasteiger partial charge in [0.05, 0.1) is 6.04 Å². The van der Waals surface area contributed by atoms with E-state index in [1.165, 1.54) is 0 Å². The van der Waals surface area contributed by atoms with E-state index in [0.29, 0.717) is 6.04 Å². The Balaban J connectivity index is 2.39. The van der Waals surface area contributed by atoms with E-state index in [4.69, 9.17) is 0 Å². The number of likely N-dealkylation sites (N-methyl/N-ethyl adjacent to an activating group) is 1. The summed E-state index contributed by atoms with van der Waals surface area (Å²) in [6.07, 6.45) is 5.44. The van der Waals surface area contributed by atoms with E-state index >= 15 is 0 Å². The van der Waals surface area contributed by atoms with Gasteiger partial charge in [-0.25, -0.2) is 0 Å². The van der Waals surface area contributed by atoms with E-state index in [9.17, 15) is 4.79 Å². The molecule has 1 rings (SSSR count). The summed E-state index contributed by atoms with van der Waals surface area (Å²) in [5.41, 5.74) is 0. The van der Waals surface area contributed by atoms with Gasteiger partial charge in [-0.2, -0.15) is 0 Å². The molecule has 1 fully saturated rings. The molecule has 0 radical (unpaired) electrons. The van der Waals surface area contributed by atoms with Gasteiger partial charge in [-0.3, -0.25) is 9.69 Å². The van der Waals surface area contributed by atoms with Gasteiger partial charge >= 0.3 is 0 Å². The van der Waals surface area contributed by atoms with Crippen LogP contribution in [0.1, 0.15) is 46.0 Å². The van der Waals surface area contributed by atoms with Crippen LogP contribution in [0, 0.1) is 0 Å². The lowest BCUT2D eigenvalue weighted by Crippen LogP contribution is -2.45. The Morgan fingerprint density at radius 1 is 1.53 bits per heavy atom. The summed E-state index contributed by atoms with van der Waals surface area (Å²) in [5, 5.41) is 3.16. The highest BCUT2D eigenvalue weighted by atomic mass is 16.2. The maximum atomic E-state index is 11.9. The molecule has 2 atom stereocenters. The lowest BCUT2D eigenvalue weighted by Gasteiger charge is -2.22. The van der Waals surface area contributed by atoms with Crippen molar-refractivity contribution < 1.29 is 4.79 Å². The fourth-order valence-corrected chi connectivity index (χ4v) is 2.27. The minimum atomic E-state index is 0.121. The molecule has 15 heavy (non-hydrogen) atoms. The van der Waals surface area contributed by atoms with Gasteiger partial charge in [0.1, 0.15) is 0 Å². The van der Waals surface area contributed by atoms with E-state index in [-0.39, 0.29) is 11.9 Å². The van der Waals surface area contributed by atoms with Gasteiger partial charge in [-0.15, -0.1) is 0 Å². The summed E-state index contributed by atoms with van der Waals surface area (Å²) < 4.78 is 0. The molecule has 0 bridgehead atoms. The van der Waals surface area contributed by atoms with Gasteiger partial charge in [0.2, 0.25) is 5.91 Å². The van der Waals surface area contributed by atoms with Crippen LogP contribution in [0.5, 0.6) is 0 Å². The Hall–Kier alpha value is -0.570. The van der Waals surface area contributed by atoms with Crippen molar-refractivity contribution in [2.75, 3.05) is 13.6 Å². The molecule has 1 heterocycles. The molecule has 1 saturated heterocycles. The van der Waals surface area contributed by atoms with Crippen LogP contribution in [0.15, 0.2) is 0 Å². The molecule has 0 saturated carbocycles. The first-order chi connectivity index (χ1) is 7.19. The smallest absolute Gasteiger partial charge is 0.237 e. The largest absolute Gasteiger partial charge is 0.352 e. The molecule has 3 heteroatoms. The second-order valence-electron chi connectivity index (χ2n) is 4.54. The van der Waals surface area contributed by atoms with E-state index in [1.807, 2.05) is 7.05 Å². The summed E-state index contributed by atoms with van der Waals surface area (Å²) in [5.74, 6) is 0.232.